The third-order valence-electron chi connectivity index (χ3n) is 1.50. The maximum absolute atomic E-state index is 11.0. The van der Waals surface area contributed by atoms with E-state index in [1.165, 1.54) is 0 Å². The molecule has 0 rings (SSSR count). The fourth-order valence-electron chi connectivity index (χ4n) is 0.723. The van der Waals surface area contributed by atoms with E-state index in [0.29, 0.717) is 13.1 Å². The number of carbonyl (C=O) groups is 1. The summed E-state index contributed by atoms with van der Waals surface area (Å²) in [6, 6.07) is -0.721. The molecular weight excluding hydrogens is 238 g/mol. The Morgan fingerprint density at radius 3 is 2.69 bits per heavy atom. The van der Waals surface area contributed by atoms with E-state index in [2.05, 4.69) is 22.8 Å². The first kappa shape index (κ1) is 14.9. The quantitative estimate of drug-likeness (QED) is 0.152. The summed E-state index contributed by atoms with van der Waals surface area (Å²) >= 11 is 3.84. The number of nitrogens with zero attached hydrogens (tertiary/aromatic N) is 1. The molecule has 0 saturated carbocycles. The van der Waals surface area contributed by atoms with Crippen LogP contribution in [0.15, 0.2) is 0 Å². The van der Waals surface area contributed by atoms with Gasteiger partial charge in [0.1, 0.15) is 19.3 Å². The van der Waals surface area contributed by atoms with Crippen LogP contribution >= 0.6 is 12.6 Å². The van der Waals surface area contributed by atoms with Gasteiger partial charge in [0.25, 0.3) is 5.09 Å². The average molecular weight is 253 g/mol. The predicted octanol–water partition coefficient (Wildman–Crippen LogP) is -1.42. The minimum absolute atomic E-state index is 0.0445. The third kappa shape index (κ3) is 8.26. The SMILES string of the molecule is NC(CS)C(=O)OCCNCCO[N+](=O)[O-]. The second-order valence-corrected chi connectivity index (χ2v) is 3.13. The van der Waals surface area contributed by atoms with Crippen molar-refractivity contribution < 1.29 is 19.5 Å². The van der Waals surface area contributed by atoms with Crippen LogP contribution in [0.3, 0.4) is 0 Å². The highest BCUT2D eigenvalue weighted by atomic mass is 32.1. The fourth-order valence-corrected chi connectivity index (χ4v) is 0.872. The molecule has 0 aliphatic heterocycles. The Labute approximate surface area is 98.0 Å². The molecule has 16 heavy (non-hydrogen) atoms. The van der Waals surface area contributed by atoms with Crippen LogP contribution in [-0.4, -0.2) is 49.2 Å². The smallest absolute Gasteiger partial charge is 0.323 e. The van der Waals surface area contributed by atoms with Crippen LogP contribution in [0.5, 0.6) is 0 Å². The summed E-state index contributed by atoms with van der Waals surface area (Å²) in [4.78, 5) is 24.8. The van der Waals surface area contributed by atoms with E-state index < -0.39 is 17.1 Å². The third-order valence-corrected chi connectivity index (χ3v) is 1.89. The van der Waals surface area contributed by atoms with E-state index in [9.17, 15) is 14.9 Å². The molecule has 0 aliphatic rings. The molecule has 0 aliphatic carbocycles. The first-order valence-corrected chi connectivity index (χ1v) is 5.22. The molecule has 1 atom stereocenters. The minimum Gasteiger partial charge on any atom is -0.463 e. The fraction of sp³-hybridized carbons (Fsp3) is 0.857. The molecule has 9 heteroatoms. The maximum Gasteiger partial charge on any atom is 0.323 e. The van der Waals surface area contributed by atoms with Crippen molar-refractivity contribution in [3.63, 3.8) is 0 Å². The highest BCUT2D eigenvalue weighted by molar-refractivity contribution is 7.80. The molecule has 3 N–H and O–H groups in total. The highest BCUT2D eigenvalue weighted by Crippen LogP contribution is 1.87. The number of hydrogen-bond acceptors (Lipinski definition) is 8. The molecule has 0 aromatic carbocycles. The topological polar surface area (TPSA) is 117 Å². The summed E-state index contributed by atoms with van der Waals surface area (Å²) in [5.41, 5.74) is 5.35. The van der Waals surface area contributed by atoms with E-state index in [-0.39, 0.29) is 19.0 Å². The van der Waals surface area contributed by atoms with Crippen molar-refractivity contribution in [2.24, 2.45) is 5.73 Å². The number of rotatable bonds is 9. The molecule has 0 heterocycles. The van der Waals surface area contributed by atoms with E-state index in [0.717, 1.165) is 0 Å². The van der Waals surface area contributed by atoms with Gasteiger partial charge in [0.15, 0.2) is 0 Å². The first-order chi connectivity index (χ1) is 7.57. The van der Waals surface area contributed by atoms with E-state index in [4.69, 9.17) is 10.5 Å². The first-order valence-electron chi connectivity index (χ1n) is 4.59. The van der Waals surface area contributed by atoms with Crippen molar-refractivity contribution in [3.05, 3.63) is 10.1 Å². The number of nitrogens with two attached hydrogens (primary N) is 1. The molecule has 0 aromatic heterocycles. The molecule has 0 saturated heterocycles. The van der Waals surface area contributed by atoms with E-state index >= 15 is 0 Å². The Balaban J connectivity index is 3.27. The van der Waals surface area contributed by atoms with Gasteiger partial charge in [-0.1, -0.05) is 0 Å². The Morgan fingerprint density at radius 2 is 2.12 bits per heavy atom. The Bertz CT molecular complexity index is 228. The highest BCUT2D eigenvalue weighted by Gasteiger charge is 2.11. The molecule has 8 nitrogen and oxygen atoms in total. The number of esters is 1. The number of hydrogen-bond donors (Lipinski definition) is 3. The van der Waals surface area contributed by atoms with Gasteiger partial charge in [-0.3, -0.25) is 4.79 Å². The number of thiol groups is 1. The number of nitrogens with one attached hydrogen (secondary N) is 1. The van der Waals surface area contributed by atoms with Gasteiger partial charge in [-0.05, 0) is 0 Å². The maximum atomic E-state index is 11.0. The van der Waals surface area contributed by atoms with Gasteiger partial charge >= 0.3 is 5.97 Å². The largest absolute Gasteiger partial charge is 0.463 e. The van der Waals surface area contributed by atoms with Gasteiger partial charge in [0.2, 0.25) is 0 Å². The second kappa shape index (κ2) is 9.19. The van der Waals surface area contributed by atoms with Crippen LogP contribution < -0.4 is 11.1 Å². The zero-order valence-corrected chi connectivity index (χ0v) is 9.52. The van der Waals surface area contributed by atoms with Crippen LogP contribution in [0.25, 0.3) is 0 Å². The normalized spacial score (nSPS) is 11.9. The molecule has 0 bridgehead atoms. The monoisotopic (exact) mass is 253 g/mol. The van der Waals surface area contributed by atoms with Gasteiger partial charge in [-0.15, -0.1) is 10.1 Å². The van der Waals surface area contributed by atoms with Gasteiger partial charge in [0, 0.05) is 18.8 Å². The number of ether oxygens (including phenoxy) is 1. The standard InChI is InChI=1S/C7H15N3O5S/c8-6(5-16)7(11)14-3-1-9-2-4-15-10(12)13/h6,9,16H,1-5,8H2. The lowest BCUT2D eigenvalue weighted by molar-refractivity contribution is -0.757. The van der Waals surface area contributed by atoms with Crippen molar-refractivity contribution >= 4 is 18.6 Å². The minimum atomic E-state index is -0.868. The summed E-state index contributed by atoms with van der Waals surface area (Å²) in [6.07, 6.45) is 0. The summed E-state index contributed by atoms with van der Waals surface area (Å²) < 4.78 is 4.77. The van der Waals surface area contributed by atoms with Crippen molar-refractivity contribution in [2.75, 3.05) is 32.1 Å². The van der Waals surface area contributed by atoms with Crippen molar-refractivity contribution in [1.29, 1.82) is 0 Å². The van der Waals surface area contributed by atoms with Crippen molar-refractivity contribution in [3.8, 4) is 0 Å². The Morgan fingerprint density at radius 1 is 1.50 bits per heavy atom. The lowest BCUT2D eigenvalue weighted by Crippen LogP contribution is -2.35. The second-order valence-electron chi connectivity index (χ2n) is 2.76. The molecule has 0 fully saturated rings. The van der Waals surface area contributed by atoms with E-state index in [1.807, 2.05) is 0 Å². The molecule has 0 aromatic rings. The molecule has 94 valence electrons. The lowest BCUT2D eigenvalue weighted by atomic mass is 10.4. The molecular formula is C7H15N3O5S. The Hall–Kier alpha value is -1.06. The van der Waals surface area contributed by atoms with Gasteiger partial charge in [-0.25, -0.2) is 0 Å². The van der Waals surface area contributed by atoms with Gasteiger partial charge in [-0.2, -0.15) is 12.6 Å². The number of carbonyl (C=O) groups excluding carboxylic acids is 1. The zero-order valence-electron chi connectivity index (χ0n) is 8.63. The summed E-state index contributed by atoms with van der Waals surface area (Å²) in [6.45, 7) is 0.791. The van der Waals surface area contributed by atoms with Gasteiger partial charge < -0.3 is 20.6 Å². The lowest BCUT2D eigenvalue weighted by Gasteiger charge is -2.09. The zero-order chi connectivity index (χ0) is 12.4. The molecule has 1 unspecified atom stereocenters. The van der Waals surface area contributed by atoms with Gasteiger partial charge in [0.05, 0.1) is 0 Å². The average Bonchev–Trinajstić information content (AvgIpc) is 2.25. The van der Waals surface area contributed by atoms with E-state index in [1.54, 1.807) is 0 Å². The predicted molar refractivity (Wildman–Crippen MR) is 58.6 cm³/mol. The summed E-state index contributed by atoms with van der Waals surface area (Å²) in [7, 11) is 0. The summed E-state index contributed by atoms with van der Waals surface area (Å²) in [5.74, 6) is -0.290. The summed E-state index contributed by atoms with van der Waals surface area (Å²) in [5, 5.41) is 11.7. The van der Waals surface area contributed by atoms with Crippen LogP contribution in [-0.2, 0) is 14.4 Å². The molecule has 0 amide bonds. The van der Waals surface area contributed by atoms with Crippen molar-refractivity contribution in [1.82, 2.24) is 5.32 Å². The molecule has 0 radical (unpaired) electrons. The van der Waals surface area contributed by atoms with Crippen LogP contribution in [0.4, 0.5) is 0 Å². The van der Waals surface area contributed by atoms with Crippen molar-refractivity contribution in [2.45, 2.75) is 6.04 Å². The van der Waals surface area contributed by atoms with Crippen LogP contribution in [0.1, 0.15) is 0 Å². The van der Waals surface area contributed by atoms with Crippen LogP contribution in [0.2, 0.25) is 0 Å². The Kier molecular flexibility index (Phi) is 8.58. The van der Waals surface area contributed by atoms with Crippen LogP contribution in [0, 0.1) is 10.1 Å². The molecule has 0 spiro atoms.